The summed E-state index contributed by atoms with van der Waals surface area (Å²) < 4.78 is 14.4. The van der Waals surface area contributed by atoms with Crippen LogP contribution in [0.25, 0.3) is 10.9 Å². The molecule has 0 unspecified atom stereocenters. The van der Waals surface area contributed by atoms with E-state index >= 15 is 0 Å². The zero-order chi connectivity index (χ0) is 26.5. The van der Waals surface area contributed by atoms with Gasteiger partial charge in [-0.3, -0.25) is 14.9 Å². The SMILES string of the molecule is CCCc1nc2ccc(Br)cc2c(=O)n1N=Cc1cc(I)c(OCc2ccc([N+](=O)[O-])cc2)c(OC)c1. The molecule has 0 atom stereocenters. The van der Waals surface area contributed by atoms with Crippen LogP contribution in [0.15, 0.2) is 69.0 Å². The molecule has 37 heavy (non-hydrogen) atoms. The Morgan fingerprint density at radius 1 is 1.19 bits per heavy atom. The Labute approximate surface area is 234 Å². The van der Waals surface area contributed by atoms with Gasteiger partial charge in [-0.25, -0.2) is 4.98 Å². The van der Waals surface area contributed by atoms with Gasteiger partial charge in [0.05, 0.1) is 32.7 Å². The monoisotopic (exact) mass is 676 g/mol. The summed E-state index contributed by atoms with van der Waals surface area (Å²) in [5.74, 6) is 1.62. The van der Waals surface area contributed by atoms with Crippen molar-refractivity contribution in [2.75, 3.05) is 7.11 Å². The van der Waals surface area contributed by atoms with Gasteiger partial charge in [0.1, 0.15) is 12.4 Å². The smallest absolute Gasteiger partial charge is 0.282 e. The molecule has 4 aromatic rings. The van der Waals surface area contributed by atoms with Gasteiger partial charge in [0.2, 0.25) is 0 Å². The number of hydrogen-bond acceptors (Lipinski definition) is 7. The van der Waals surface area contributed by atoms with E-state index in [1.54, 1.807) is 37.6 Å². The van der Waals surface area contributed by atoms with Crippen molar-refractivity contribution in [1.82, 2.24) is 9.66 Å². The lowest BCUT2D eigenvalue weighted by atomic mass is 10.2. The second-order valence-corrected chi connectivity index (χ2v) is 10.1. The van der Waals surface area contributed by atoms with Gasteiger partial charge in [-0.05, 0) is 82.6 Å². The number of nitro benzene ring substituents is 1. The van der Waals surface area contributed by atoms with Gasteiger partial charge < -0.3 is 9.47 Å². The lowest BCUT2D eigenvalue weighted by molar-refractivity contribution is -0.384. The number of hydrogen-bond donors (Lipinski definition) is 0. The summed E-state index contributed by atoms with van der Waals surface area (Å²) >= 11 is 5.56. The van der Waals surface area contributed by atoms with Gasteiger partial charge >= 0.3 is 0 Å². The fourth-order valence-electron chi connectivity index (χ4n) is 3.65. The first-order valence-corrected chi connectivity index (χ1v) is 13.2. The van der Waals surface area contributed by atoms with Gasteiger partial charge in [0, 0.05) is 23.0 Å². The second kappa shape index (κ2) is 11.8. The number of ether oxygens (including phenoxy) is 2. The minimum absolute atomic E-state index is 0.0231. The van der Waals surface area contributed by atoms with Crippen molar-refractivity contribution >= 4 is 61.3 Å². The quantitative estimate of drug-likeness (QED) is 0.0919. The number of methoxy groups -OCH3 is 1. The van der Waals surface area contributed by atoms with E-state index in [4.69, 9.17) is 9.47 Å². The molecule has 190 valence electrons. The number of nitro groups is 1. The molecule has 0 saturated carbocycles. The van der Waals surface area contributed by atoms with Crippen molar-refractivity contribution in [1.29, 1.82) is 0 Å². The third-order valence-electron chi connectivity index (χ3n) is 5.45. The molecule has 0 aliphatic heterocycles. The Kier molecular flexibility index (Phi) is 8.54. The first-order valence-electron chi connectivity index (χ1n) is 11.3. The Morgan fingerprint density at radius 3 is 2.62 bits per heavy atom. The molecule has 1 heterocycles. The molecular formula is C26H22BrIN4O5. The number of benzene rings is 3. The first-order chi connectivity index (χ1) is 17.8. The number of non-ortho nitro benzene ring substituents is 1. The maximum absolute atomic E-state index is 13.2. The average molecular weight is 677 g/mol. The predicted octanol–water partition coefficient (Wildman–Crippen LogP) is 6.09. The third-order valence-corrected chi connectivity index (χ3v) is 6.75. The van der Waals surface area contributed by atoms with Crippen molar-refractivity contribution in [3.05, 3.63) is 100 Å². The molecule has 11 heteroatoms. The van der Waals surface area contributed by atoms with E-state index in [-0.39, 0.29) is 17.9 Å². The molecule has 0 aliphatic rings. The van der Waals surface area contributed by atoms with Crippen molar-refractivity contribution in [2.45, 2.75) is 26.4 Å². The molecule has 1 aromatic heterocycles. The van der Waals surface area contributed by atoms with Crippen molar-refractivity contribution < 1.29 is 14.4 Å². The van der Waals surface area contributed by atoms with Gasteiger partial charge in [0.25, 0.3) is 11.2 Å². The molecule has 3 aromatic carbocycles. The predicted molar refractivity (Wildman–Crippen MR) is 154 cm³/mol. The third kappa shape index (κ3) is 6.16. The van der Waals surface area contributed by atoms with E-state index in [0.29, 0.717) is 40.2 Å². The van der Waals surface area contributed by atoms with E-state index < -0.39 is 4.92 Å². The van der Waals surface area contributed by atoms with Crippen LogP contribution in [-0.4, -0.2) is 27.9 Å². The molecule has 4 rings (SSSR count). The highest BCUT2D eigenvalue weighted by atomic mass is 127. The van der Waals surface area contributed by atoms with Gasteiger partial charge in [-0.1, -0.05) is 22.9 Å². The largest absolute Gasteiger partial charge is 0.493 e. The summed E-state index contributed by atoms with van der Waals surface area (Å²) in [6.07, 6.45) is 3.02. The lowest BCUT2D eigenvalue weighted by Gasteiger charge is -2.14. The van der Waals surface area contributed by atoms with Crippen LogP contribution in [0.5, 0.6) is 11.5 Å². The van der Waals surface area contributed by atoms with Crippen LogP contribution in [0.2, 0.25) is 0 Å². The van der Waals surface area contributed by atoms with E-state index in [1.807, 2.05) is 25.1 Å². The molecule has 0 bridgehead atoms. The Bertz CT molecular complexity index is 1550. The molecule has 0 radical (unpaired) electrons. The minimum atomic E-state index is -0.441. The van der Waals surface area contributed by atoms with E-state index in [0.717, 1.165) is 20.0 Å². The van der Waals surface area contributed by atoms with Crippen LogP contribution in [-0.2, 0) is 13.0 Å². The van der Waals surface area contributed by atoms with E-state index in [9.17, 15) is 14.9 Å². The van der Waals surface area contributed by atoms with E-state index in [2.05, 4.69) is 48.6 Å². The molecule has 9 nitrogen and oxygen atoms in total. The minimum Gasteiger partial charge on any atom is -0.493 e. The van der Waals surface area contributed by atoms with Crippen molar-refractivity contribution in [2.24, 2.45) is 5.10 Å². The number of halogens is 2. The molecule has 0 fully saturated rings. The molecule has 0 saturated heterocycles. The topological polar surface area (TPSA) is 109 Å². The standard InChI is InChI=1S/C26H22BrIN4O5/c1-3-4-24-30-22-10-7-18(27)13-20(22)26(33)31(24)29-14-17-11-21(28)25(23(12-17)36-2)37-15-16-5-8-19(9-6-16)32(34)35/h5-14H,3-4,15H2,1-2H3. The summed E-state index contributed by atoms with van der Waals surface area (Å²) in [5, 5.41) is 15.8. The number of fused-ring (bicyclic) bond motifs is 1. The van der Waals surface area contributed by atoms with Crippen LogP contribution in [0.1, 0.15) is 30.3 Å². The van der Waals surface area contributed by atoms with Gasteiger partial charge in [-0.2, -0.15) is 9.78 Å². The Hall–Kier alpha value is -3.32. The maximum Gasteiger partial charge on any atom is 0.282 e. The van der Waals surface area contributed by atoms with Crippen LogP contribution >= 0.6 is 38.5 Å². The average Bonchev–Trinajstić information content (AvgIpc) is 2.88. The number of aryl methyl sites for hydroxylation is 1. The van der Waals surface area contributed by atoms with Crippen molar-refractivity contribution in [3.8, 4) is 11.5 Å². The number of nitrogens with zero attached hydrogens (tertiary/aromatic N) is 4. The molecule has 0 aliphatic carbocycles. The maximum atomic E-state index is 13.2. The number of aromatic nitrogens is 2. The highest BCUT2D eigenvalue weighted by molar-refractivity contribution is 14.1. The van der Waals surface area contributed by atoms with Crippen LogP contribution in [0, 0.1) is 13.7 Å². The summed E-state index contributed by atoms with van der Waals surface area (Å²) in [6, 6.07) is 15.2. The van der Waals surface area contributed by atoms with Gasteiger partial charge in [0.15, 0.2) is 11.5 Å². The first kappa shape index (κ1) is 26.7. The van der Waals surface area contributed by atoms with Crippen LogP contribution in [0.4, 0.5) is 5.69 Å². The zero-order valence-electron chi connectivity index (χ0n) is 20.0. The molecular weight excluding hydrogens is 655 g/mol. The lowest BCUT2D eigenvalue weighted by Crippen LogP contribution is -2.22. The van der Waals surface area contributed by atoms with Crippen LogP contribution < -0.4 is 15.0 Å². The molecule has 0 spiro atoms. The summed E-state index contributed by atoms with van der Waals surface area (Å²) in [4.78, 5) is 28.3. The highest BCUT2D eigenvalue weighted by Crippen LogP contribution is 2.34. The van der Waals surface area contributed by atoms with E-state index in [1.165, 1.54) is 16.8 Å². The Morgan fingerprint density at radius 2 is 1.95 bits per heavy atom. The fraction of sp³-hybridized carbons (Fsp3) is 0.192. The summed E-state index contributed by atoms with van der Waals surface area (Å²) in [7, 11) is 1.54. The number of rotatable bonds is 9. The molecule has 0 amide bonds. The van der Waals surface area contributed by atoms with Crippen LogP contribution in [0.3, 0.4) is 0 Å². The van der Waals surface area contributed by atoms with Gasteiger partial charge in [-0.15, -0.1) is 0 Å². The summed E-state index contributed by atoms with van der Waals surface area (Å²) in [6.45, 7) is 2.24. The zero-order valence-corrected chi connectivity index (χ0v) is 23.7. The highest BCUT2D eigenvalue weighted by Gasteiger charge is 2.14. The van der Waals surface area contributed by atoms with Crippen molar-refractivity contribution in [3.63, 3.8) is 0 Å². The summed E-state index contributed by atoms with van der Waals surface area (Å²) in [5.41, 5.74) is 1.92. The fourth-order valence-corrected chi connectivity index (χ4v) is 4.79. The Balaban J connectivity index is 1.63. The normalized spacial score (nSPS) is 11.2. The molecule has 0 N–H and O–H groups in total. The second-order valence-electron chi connectivity index (χ2n) is 8.05.